The minimum Gasteiger partial charge on any atom is -0.508 e. The van der Waals surface area contributed by atoms with Crippen molar-refractivity contribution in [3.8, 4) is 5.75 Å². The number of carbonyl (C=O) groups excluding carboxylic acids is 2. The van der Waals surface area contributed by atoms with Crippen LogP contribution in [0.25, 0.3) is 0 Å². The van der Waals surface area contributed by atoms with Crippen molar-refractivity contribution < 1.29 is 14.7 Å². The van der Waals surface area contributed by atoms with Gasteiger partial charge in [0.1, 0.15) is 5.75 Å². The number of carbonyl (C=O) groups is 2. The Morgan fingerprint density at radius 1 is 1.04 bits per heavy atom. The fourth-order valence-corrected chi connectivity index (χ4v) is 3.37. The van der Waals surface area contributed by atoms with Crippen molar-refractivity contribution in [3.05, 3.63) is 64.7 Å². The van der Waals surface area contributed by atoms with Gasteiger partial charge in [0, 0.05) is 29.6 Å². The molecule has 0 aromatic heterocycles. The quantitative estimate of drug-likeness (QED) is 0.848. The van der Waals surface area contributed by atoms with Gasteiger partial charge in [-0.3, -0.25) is 9.59 Å². The maximum absolute atomic E-state index is 12.5. The van der Waals surface area contributed by atoms with E-state index in [1.807, 2.05) is 23.1 Å². The lowest BCUT2D eigenvalue weighted by atomic mass is 9.88. The lowest BCUT2D eigenvalue weighted by molar-refractivity contribution is -0.131. The Morgan fingerprint density at radius 2 is 1.68 bits per heavy atom. The number of amides is 1. The van der Waals surface area contributed by atoms with Crippen LogP contribution in [-0.4, -0.2) is 34.8 Å². The summed E-state index contributed by atoms with van der Waals surface area (Å²) in [5.41, 5.74) is 1.44. The number of nitrogens with zero attached hydrogens (tertiary/aromatic N) is 1. The van der Waals surface area contributed by atoms with E-state index in [2.05, 4.69) is 0 Å². The van der Waals surface area contributed by atoms with Crippen LogP contribution in [0.5, 0.6) is 5.75 Å². The lowest BCUT2D eigenvalue weighted by Crippen LogP contribution is -2.41. The zero-order valence-electron chi connectivity index (χ0n) is 13.8. The van der Waals surface area contributed by atoms with E-state index in [-0.39, 0.29) is 29.8 Å². The number of Topliss-reactive ketones (excluding diaryl/α,β-unsaturated/α-hetero) is 1. The second-order valence-corrected chi connectivity index (χ2v) is 6.74. The van der Waals surface area contributed by atoms with E-state index in [4.69, 9.17) is 11.6 Å². The van der Waals surface area contributed by atoms with E-state index >= 15 is 0 Å². The van der Waals surface area contributed by atoms with Crippen molar-refractivity contribution in [2.45, 2.75) is 19.3 Å². The van der Waals surface area contributed by atoms with Crippen LogP contribution >= 0.6 is 11.6 Å². The standard InChI is InChI=1S/C20H20ClNO3/c21-18-4-2-1-3-16(18)13-19(24)22-11-9-15(10-12-22)20(25)14-5-7-17(23)8-6-14/h1-8,15,23H,9-13H2. The Balaban J connectivity index is 1.56. The molecule has 3 rings (SSSR count). The Labute approximate surface area is 152 Å². The Hall–Kier alpha value is -2.33. The molecule has 1 heterocycles. The predicted molar refractivity (Wildman–Crippen MR) is 96.9 cm³/mol. The molecule has 4 nitrogen and oxygen atoms in total. The maximum atomic E-state index is 12.5. The summed E-state index contributed by atoms with van der Waals surface area (Å²) in [4.78, 5) is 26.8. The van der Waals surface area contributed by atoms with E-state index in [0.29, 0.717) is 36.5 Å². The summed E-state index contributed by atoms with van der Waals surface area (Å²) in [5.74, 6) is 0.201. The molecule has 0 spiro atoms. The molecule has 0 unspecified atom stereocenters. The van der Waals surface area contributed by atoms with Gasteiger partial charge in [-0.05, 0) is 48.7 Å². The number of ketones is 1. The molecule has 25 heavy (non-hydrogen) atoms. The first-order valence-corrected chi connectivity index (χ1v) is 8.77. The summed E-state index contributed by atoms with van der Waals surface area (Å²) in [6, 6.07) is 13.7. The van der Waals surface area contributed by atoms with Gasteiger partial charge in [-0.15, -0.1) is 0 Å². The molecule has 2 aromatic rings. The van der Waals surface area contributed by atoms with Crippen molar-refractivity contribution in [1.29, 1.82) is 0 Å². The molecular formula is C20H20ClNO3. The molecular weight excluding hydrogens is 338 g/mol. The molecule has 0 aliphatic carbocycles. The van der Waals surface area contributed by atoms with Crippen LogP contribution in [0.15, 0.2) is 48.5 Å². The largest absolute Gasteiger partial charge is 0.508 e. The summed E-state index contributed by atoms with van der Waals surface area (Å²) >= 11 is 6.12. The van der Waals surface area contributed by atoms with Crippen LogP contribution in [0.3, 0.4) is 0 Å². The number of piperidine rings is 1. The first-order chi connectivity index (χ1) is 12.0. The monoisotopic (exact) mass is 357 g/mol. The number of hydrogen-bond acceptors (Lipinski definition) is 3. The van der Waals surface area contributed by atoms with E-state index in [1.54, 1.807) is 18.2 Å². The third-order valence-corrected chi connectivity index (χ3v) is 5.04. The number of likely N-dealkylation sites (tertiary alicyclic amines) is 1. The van der Waals surface area contributed by atoms with Gasteiger partial charge >= 0.3 is 0 Å². The molecule has 0 radical (unpaired) electrons. The molecule has 1 aliphatic heterocycles. The zero-order valence-corrected chi connectivity index (χ0v) is 14.6. The van der Waals surface area contributed by atoms with Crippen LogP contribution in [-0.2, 0) is 11.2 Å². The number of phenols is 1. The molecule has 130 valence electrons. The molecule has 0 bridgehead atoms. The summed E-state index contributed by atoms with van der Waals surface area (Å²) in [6.45, 7) is 1.16. The van der Waals surface area contributed by atoms with Crippen molar-refractivity contribution in [2.75, 3.05) is 13.1 Å². The highest BCUT2D eigenvalue weighted by molar-refractivity contribution is 6.31. The van der Waals surface area contributed by atoms with Crippen molar-refractivity contribution in [1.82, 2.24) is 4.90 Å². The third-order valence-electron chi connectivity index (χ3n) is 4.67. The van der Waals surface area contributed by atoms with Crippen molar-refractivity contribution in [2.24, 2.45) is 5.92 Å². The number of halogens is 1. The molecule has 1 aliphatic rings. The van der Waals surface area contributed by atoms with Gasteiger partial charge in [-0.1, -0.05) is 29.8 Å². The normalized spacial score (nSPS) is 15.2. The number of benzene rings is 2. The highest BCUT2D eigenvalue weighted by atomic mass is 35.5. The molecule has 1 N–H and O–H groups in total. The third kappa shape index (κ3) is 4.20. The second kappa shape index (κ2) is 7.70. The minimum absolute atomic E-state index is 0.0450. The van der Waals surface area contributed by atoms with E-state index in [1.165, 1.54) is 12.1 Å². The van der Waals surface area contributed by atoms with Crippen LogP contribution in [0.1, 0.15) is 28.8 Å². The van der Waals surface area contributed by atoms with Crippen molar-refractivity contribution in [3.63, 3.8) is 0 Å². The highest BCUT2D eigenvalue weighted by Crippen LogP contribution is 2.24. The van der Waals surface area contributed by atoms with Gasteiger partial charge in [0.05, 0.1) is 6.42 Å². The van der Waals surface area contributed by atoms with Gasteiger partial charge < -0.3 is 10.0 Å². The van der Waals surface area contributed by atoms with Crippen LogP contribution in [0, 0.1) is 5.92 Å². The Bertz CT molecular complexity index is 765. The van der Waals surface area contributed by atoms with Crippen molar-refractivity contribution >= 4 is 23.3 Å². The number of hydrogen-bond donors (Lipinski definition) is 1. The van der Waals surface area contributed by atoms with E-state index in [0.717, 1.165) is 5.56 Å². The zero-order chi connectivity index (χ0) is 17.8. The average Bonchev–Trinajstić information content (AvgIpc) is 2.64. The predicted octanol–water partition coefficient (Wildman–Crippen LogP) is 3.71. The average molecular weight is 358 g/mol. The van der Waals surface area contributed by atoms with Gasteiger partial charge in [0.25, 0.3) is 0 Å². The van der Waals surface area contributed by atoms with Crippen LogP contribution < -0.4 is 0 Å². The fraction of sp³-hybridized carbons (Fsp3) is 0.300. The number of aromatic hydroxyl groups is 1. The van der Waals surface area contributed by atoms with E-state index in [9.17, 15) is 14.7 Å². The van der Waals surface area contributed by atoms with Gasteiger partial charge in [-0.2, -0.15) is 0 Å². The van der Waals surface area contributed by atoms with Gasteiger partial charge in [0.15, 0.2) is 5.78 Å². The maximum Gasteiger partial charge on any atom is 0.227 e. The topological polar surface area (TPSA) is 57.6 Å². The first-order valence-electron chi connectivity index (χ1n) is 8.39. The molecule has 1 amide bonds. The number of rotatable bonds is 4. The second-order valence-electron chi connectivity index (χ2n) is 6.33. The smallest absolute Gasteiger partial charge is 0.227 e. The SMILES string of the molecule is O=C(c1ccc(O)cc1)C1CCN(C(=O)Cc2ccccc2Cl)CC1. The molecule has 0 saturated carbocycles. The molecule has 0 atom stereocenters. The molecule has 1 fully saturated rings. The van der Waals surface area contributed by atoms with Crippen LogP contribution in [0.2, 0.25) is 5.02 Å². The van der Waals surface area contributed by atoms with Crippen LogP contribution in [0.4, 0.5) is 0 Å². The van der Waals surface area contributed by atoms with Gasteiger partial charge in [0.2, 0.25) is 5.91 Å². The van der Waals surface area contributed by atoms with E-state index < -0.39 is 0 Å². The number of phenolic OH excluding ortho intramolecular Hbond substituents is 1. The Morgan fingerprint density at radius 3 is 2.32 bits per heavy atom. The fourth-order valence-electron chi connectivity index (χ4n) is 3.17. The Kier molecular flexibility index (Phi) is 5.39. The lowest BCUT2D eigenvalue weighted by Gasteiger charge is -2.31. The summed E-state index contributed by atoms with van der Waals surface area (Å²) in [6.07, 6.45) is 1.61. The minimum atomic E-state index is -0.0751. The summed E-state index contributed by atoms with van der Waals surface area (Å²) in [5, 5.41) is 9.93. The molecule has 5 heteroatoms. The first kappa shape index (κ1) is 17.5. The highest BCUT2D eigenvalue weighted by Gasteiger charge is 2.28. The summed E-state index contributed by atoms with van der Waals surface area (Å²) in [7, 11) is 0. The summed E-state index contributed by atoms with van der Waals surface area (Å²) < 4.78 is 0. The molecule has 1 saturated heterocycles. The van der Waals surface area contributed by atoms with Gasteiger partial charge in [-0.25, -0.2) is 0 Å². The molecule has 2 aromatic carbocycles.